The summed E-state index contributed by atoms with van der Waals surface area (Å²) in [7, 11) is 0. The van der Waals surface area contributed by atoms with Crippen molar-refractivity contribution in [3.05, 3.63) is 18.7 Å². The summed E-state index contributed by atoms with van der Waals surface area (Å²) in [5, 5.41) is 0. The van der Waals surface area contributed by atoms with Crippen molar-refractivity contribution in [3.63, 3.8) is 0 Å². The highest BCUT2D eigenvalue weighted by Gasteiger charge is 2.11. The molecule has 1 aromatic heterocycles. The first kappa shape index (κ1) is 25.5. The van der Waals surface area contributed by atoms with Gasteiger partial charge in [0, 0.05) is 0 Å². The molecule has 0 radical (unpaired) electrons. The van der Waals surface area contributed by atoms with Crippen molar-refractivity contribution in [2.75, 3.05) is 0 Å². The second kappa shape index (κ2) is 17.9. The van der Waals surface area contributed by atoms with Crippen LogP contribution in [0.2, 0.25) is 0 Å². The van der Waals surface area contributed by atoms with Crippen LogP contribution in [0.5, 0.6) is 0 Å². The third-order valence-electron chi connectivity index (χ3n) is 5.53. The number of rotatable bonds is 17. The topological polar surface area (TPSA) is 8.81 Å². The molecular weight excluding hydrogens is 340 g/mol. The Bertz CT molecular complexity index is 403. The number of halogens is 1. The molecule has 0 aliphatic rings. The first-order chi connectivity index (χ1) is 12.3. The maximum Gasteiger partial charge on any atom is 0.243 e. The number of aryl methyl sites for hydroxylation is 1. The van der Waals surface area contributed by atoms with Crippen LogP contribution in [-0.4, -0.2) is 4.57 Å². The van der Waals surface area contributed by atoms with Crippen LogP contribution in [0.3, 0.4) is 0 Å². The zero-order chi connectivity index (χ0) is 18.2. The molecule has 0 saturated carbocycles. The van der Waals surface area contributed by atoms with Crippen molar-refractivity contribution in [1.29, 1.82) is 0 Å². The molecule has 0 spiro atoms. The number of imidazole rings is 1. The third kappa shape index (κ3) is 12.8. The Morgan fingerprint density at radius 3 is 1.92 bits per heavy atom. The molecule has 0 fully saturated rings. The van der Waals surface area contributed by atoms with Gasteiger partial charge in [0.25, 0.3) is 0 Å². The normalized spacial score (nSPS) is 12.1. The van der Waals surface area contributed by atoms with Gasteiger partial charge in [-0.15, -0.1) is 0 Å². The molecule has 0 aromatic carbocycles. The molecule has 1 heterocycles. The van der Waals surface area contributed by atoms with Crippen LogP contribution >= 0.6 is 0 Å². The van der Waals surface area contributed by atoms with E-state index in [1.54, 1.807) is 0 Å². The maximum atomic E-state index is 2.40. The zero-order valence-electron chi connectivity index (χ0n) is 17.9. The maximum absolute atomic E-state index is 2.40. The van der Waals surface area contributed by atoms with Gasteiger partial charge in [-0.2, -0.15) is 0 Å². The number of unbranched alkanes of at least 4 members (excludes halogenated alkanes) is 10. The second-order valence-electron chi connectivity index (χ2n) is 7.95. The van der Waals surface area contributed by atoms with E-state index in [1.807, 2.05) is 0 Å². The van der Waals surface area contributed by atoms with Gasteiger partial charge in [0.1, 0.15) is 12.4 Å². The summed E-state index contributed by atoms with van der Waals surface area (Å²) < 4.78 is 4.79. The van der Waals surface area contributed by atoms with Gasteiger partial charge in [0.2, 0.25) is 6.33 Å². The predicted molar refractivity (Wildman–Crippen MR) is 110 cm³/mol. The Labute approximate surface area is 170 Å². The Balaban J connectivity index is 0.00000625. The van der Waals surface area contributed by atoms with E-state index in [0.717, 1.165) is 5.92 Å². The molecule has 0 saturated heterocycles. The number of aromatic nitrogens is 2. The van der Waals surface area contributed by atoms with Gasteiger partial charge < -0.3 is 12.4 Å². The molecule has 0 amide bonds. The van der Waals surface area contributed by atoms with Crippen molar-refractivity contribution in [3.8, 4) is 0 Å². The molecule has 3 heteroatoms. The number of nitrogens with zero attached hydrogens (tertiary/aromatic N) is 2. The van der Waals surface area contributed by atoms with E-state index < -0.39 is 0 Å². The van der Waals surface area contributed by atoms with Crippen LogP contribution in [-0.2, 0) is 13.1 Å². The van der Waals surface area contributed by atoms with Gasteiger partial charge in [0.15, 0.2) is 0 Å². The van der Waals surface area contributed by atoms with E-state index in [0.29, 0.717) is 0 Å². The molecule has 0 aliphatic carbocycles. The fourth-order valence-electron chi connectivity index (χ4n) is 3.68. The Hall–Kier alpha value is -0.500. The lowest BCUT2D eigenvalue weighted by atomic mass is 9.99. The van der Waals surface area contributed by atoms with Crippen molar-refractivity contribution in [2.24, 2.45) is 5.92 Å². The minimum absolute atomic E-state index is 0. The molecule has 26 heavy (non-hydrogen) atoms. The van der Waals surface area contributed by atoms with Crippen molar-refractivity contribution < 1.29 is 17.0 Å². The van der Waals surface area contributed by atoms with Crippen LogP contribution in [0.1, 0.15) is 111 Å². The lowest BCUT2D eigenvalue weighted by Crippen LogP contribution is -3.00. The minimum Gasteiger partial charge on any atom is -1.00 e. The predicted octanol–water partition coefficient (Wildman–Crippen LogP) is 3.92. The van der Waals surface area contributed by atoms with Gasteiger partial charge in [0.05, 0.1) is 13.1 Å². The standard InChI is InChI=1S/C23H45N2.ClH/c1-4-7-9-10-11-12-13-14-15-16-18-24-19-20-25(22-24)21-23(6-3)17-8-5-2;/h19-20,22-23H,4-18,21H2,1-3H3;1H/q+1;/p-1. The van der Waals surface area contributed by atoms with Crippen LogP contribution < -0.4 is 17.0 Å². The molecule has 1 unspecified atom stereocenters. The van der Waals surface area contributed by atoms with E-state index in [-0.39, 0.29) is 12.4 Å². The Kier molecular flexibility index (Phi) is 17.5. The summed E-state index contributed by atoms with van der Waals surface area (Å²) in [4.78, 5) is 0. The average Bonchev–Trinajstić information content (AvgIpc) is 3.07. The fourth-order valence-corrected chi connectivity index (χ4v) is 3.68. The summed E-state index contributed by atoms with van der Waals surface area (Å²) >= 11 is 0. The van der Waals surface area contributed by atoms with Crippen LogP contribution in [0.25, 0.3) is 0 Å². The summed E-state index contributed by atoms with van der Waals surface area (Å²) in [5.74, 6) is 0.845. The van der Waals surface area contributed by atoms with E-state index in [2.05, 4.69) is 48.6 Å². The molecule has 0 aliphatic heterocycles. The quantitative estimate of drug-likeness (QED) is 0.284. The minimum atomic E-state index is 0. The molecule has 1 rings (SSSR count). The monoisotopic (exact) mass is 384 g/mol. The van der Waals surface area contributed by atoms with Crippen LogP contribution in [0, 0.1) is 5.92 Å². The van der Waals surface area contributed by atoms with Crippen molar-refractivity contribution >= 4 is 0 Å². The van der Waals surface area contributed by atoms with Gasteiger partial charge in [-0.25, -0.2) is 9.13 Å². The molecule has 1 aromatic rings. The molecule has 2 nitrogen and oxygen atoms in total. The Morgan fingerprint density at radius 2 is 1.35 bits per heavy atom. The van der Waals surface area contributed by atoms with Gasteiger partial charge >= 0.3 is 0 Å². The average molecular weight is 385 g/mol. The van der Waals surface area contributed by atoms with E-state index in [9.17, 15) is 0 Å². The first-order valence-corrected chi connectivity index (χ1v) is 11.3. The van der Waals surface area contributed by atoms with Crippen LogP contribution in [0.15, 0.2) is 18.7 Å². The van der Waals surface area contributed by atoms with Gasteiger partial charge in [-0.1, -0.05) is 85.0 Å². The highest BCUT2D eigenvalue weighted by molar-refractivity contribution is 4.67. The summed E-state index contributed by atoms with van der Waals surface area (Å²) in [6.07, 6.45) is 26.4. The summed E-state index contributed by atoms with van der Waals surface area (Å²) in [5.41, 5.74) is 0. The molecule has 154 valence electrons. The molecular formula is C23H45ClN2. The lowest BCUT2D eigenvalue weighted by molar-refractivity contribution is -0.703. The summed E-state index contributed by atoms with van der Waals surface area (Å²) in [6.45, 7) is 9.31. The molecule has 1 atom stereocenters. The molecule has 0 N–H and O–H groups in total. The van der Waals surface area contributed by atoms with Gasteiger partial charge in [-0.05, 0) is 31.6 Å². The highest BCUT2D eigenvalue weighted by Crippen LogP contribution is 2.13. The highest BCUT2D eigenvalue weighted by atomic mass is 35.5. The smallest absolute Gasteiger partial charge is 0.243 e. The van der Waals surface area contributed by atoms with E-state index >= 15 is 0 Å². The van der Waals surface area contributed by atoms with Gasteiger partial charge in [-0.3, -0.25) is 0 Å². The number of hydrogen-bond donors (Lipinski definition) is 0. The van der Waals surface area contributed by atoms with Crippen LogP contribution in [0.4, 0.5) is 0 Å². The molecule has 0 bridgehead atoms. The van der Waals surface area contributed by atoms with E-state index in [4.69, 9.17) is 0 Å². The van der Waals surface area contributed by atoms with Crippen molar-refractivity contribution in [1.82, 2.24) is 4.57 Å². The summed E-state index contributed by atoms with van der Waals surface area (Å²) in [6, 6.07) is 0. The first-order valence-electron chi connectivity index (χ1n) is 11.3. The third-order valence-corrected chi connectivity index (χ3v) is 5.53. The van der Waals surface area contributed by atoms with E-state index in [1.165, 1.54) is 103 Å². The second-order valence-corrected chi connectivity index (χ2v) is 7.95. The lowest BCUT2D eigenvalue weighted by Gasteiger charge is -2.11. The SMILES string of the molecule is CCCCCCCCCCCCn1cc[n+](CC(CC)CCCC)c1.[Cl-]. The number of hydrogen-bond acceptors (Lipinski definition) is 0. The zero-order valence-corrected chi connectivity index (χ0v) is 18.7. The Morgan fingerprint density at radius 1 is 0.769 bits per heavy atom. The fraction of sp³-hybridized carbons (Fsp3) is 0.870. The largest absolute Gasteiger partial charge is 1.00 e. The van der Waals surface area contributed by atoms with Crippen molar-refractivity contribution in [2.45, 2.75) is 124 Å².